The van der Waals surface area contributed by atoms with Crippen LogP contribution in [0.3, 0.4) is 0 Å². The molecule has 0 amide bonds. The monoisotopic (exact) mass is 322 g/mol. The van der Waals surface area contributed by atoms with Crippen LogP contribution in [0.1, 0.15) is 36.8 Å². The van der Waals surface area contributed by atoms with Gasteiger partial charge in [-0.15, -0.1) is 11.3 Å². The molecule has 1 aliphatic heterocycles. The minimum Gasteiger partial charge on any atom is -0.372 e. The molecule has 0 aliphatic carbocycles. The molecule has 0 N–H and O–H groups in total. The van der Waals surface area contributed by atoms with Crippen molar-refractivity contribution in [2.75, 3.05) is 0 Å². The molecular weight excluding hydrogens is 308 g/mol. The third-order valence-electron chi connectivity index (χ3n) is 3.35. The van der Waals surface area contributed by atoms with Gasteiger partial charge >= 0.3 is 0 Å². The molecule has 1 nitrogen and oxygen atoms in total. The Morgan fingerprint density at radius 1 is 1.17 bits per heavy atom. The maximum absolute atomic E-state index is 5.47. The van der Waals surface area contributed by atoms with Gasteiger partial charge in [0.25, 0.3) is 0 Å². The van der Waals surface area contributed by atoms with Crippen LogP contribution in [0, 0.1) is 13.8 Å². The van der Waals surface area contributed by atoms with Gasteiger partial charge in [-0.05, 0) is 42.2 Å². The Morgan fingerprint density at radius 2 is 1.94 bits per heavy atom. The van der Waals surface area contributed by atoms with Gasteiger partial charge in [-0.2, -0.15) is 0 Å². The van der Waals surface area contributed by atoms with Gasteiger partial charge in [0.2, 0.25) is 0 Å². The number of hydrogen-bond donors (Lipinski definition) is 0. The summed E-state index contributed by atoms with van der Waals surface area (Å²) in [6, 6.07) is 8.93. The zero-order chi connectivity index (χ0) is 12.7. The molecule has 0 radical (unpaired) electrons. The standard InChI is InChI=1S/C15H15BrOS/c1-9-5-10(2)18-15(9)14(16)11-3-4-12-7-17-8-13(12)6-11/h3-6,14H,7-8H2,1-2H3. The zero-order valence-corrected chi connectivity index (χ0v) is 12.9. The summed E-state index contributed by atoms with van der Waals surface area (Å²) in [5.41, 5.74) is 5.36. The van der Waals surface area contributed by atoms with Crippen LogP contribution < -0.4 is 0 Å². The topological polar surface area (TPSA) is 9.23 Å². The predicted octanol–water partition coefficient (Wildman–Crippen LogP) is 4.88. The summed E-state index contributed by atoms with van der Waals surface area (Å²) in [7, 11) is 0. The smallest absolute Gasteiger partial charge is 0.0740 e. The molecule has 0 fully saturated rings. The van der Waals surface area contributed by atoms with E-state index in [0.29, 0.717) is 4.83 Å². The molecule has 0 saturated carbocycles. The molecule has 1 unspecified atom stereocenters. The van der Waals surface area contributed by atoms with Crippen molar-refractivity contribution in [2.45, 2.75) is 31.9 Å². The lowest BCUT2D eigenvalue weighted by Gasteiger charge is -2.11. The number of aryl methyl sites for hydroxylation is 2. The van der Waals surface area contributed by atoms with Crippen molar-refractivity contribution >= 4 is 27.3 Å². The molecule has 0 bridgehead atoms. The Kier molecular flexibility index (Phi) is 3.31. The van der Waals surface area contributed by atoms with Crippen LogP contribution in [0.5, 0.6) is 0 Å². The van der Waals surface area contributed by atoms with Crippen LogP contribution in [0.2, 0.25) is 0 Å². The number of rotatable bonds is 2. The fraction of sp³-hybridized carbons (Fsp3) is 0.333. The average molecular weight is 323 g/mol. The molecule has 1 aromatic heterocycles. The van der Waals surface area contributed by atoms with E-state index in [0.717, 1.165) is 13.2 Å². The van der Waals surface area contributed by atoms with Crippen LogP contribution in [0.4, 0.5) is 0 Å². The van der Waals surface area contributed by atoms with Crippen molar-refractivity contribution < 1.29 is 4.74 Å². The van der Waals surface area contributed by atoms with E-state index in [1.54, 1.807) is 0 Å². The van der Waals surface area contributed by atoms with Crippen molar-refractivity contribution in [1.29, 1.82) is 0 Å². The highest BCUT2D eigenvalue weighted by Gasteiger charge is 2.18. The summed E-state index contributed by atoms with van der Waals surface area (Å²) in [6.07, 6.45) is 0. The van der Waals surface area contributed by atoms with Crippen LogP contribution >= 0.6 is 27.3 Å². The highest BCUT2D eigenvalue weighted by atomic mass is 79.9. The Hall–Kier alpha value is -0.640. The van der Waals surface area contributed by atoms with E-state index < -0.39 is 0 Å². The van der Waals surface area contributed by atoms with Crippen molar-refractivity contribution in [3.63, 3.8) is 0 Å². The summed E-state index contributed by atoms with van der Waals surface area (Å²) in [6.45, 7) is 5.87. The Bertz CT molecular complexity index is 588. The second-order valence-corrected chi connectivity index (χ2v) is 6.99. The quantitative estimate of drug-likeness (QED) is 0.716. The van der Waals surface area contributed by atoms with E-state index in [9.17, 15) is 0 Å². The van der Waals surface area contributed by atoms with Crippen LogP contribution in [0.15, 0.2) is 24.3 Å². The first-order valence-corrected chi connectivity index (χ1v) is 7.79. The number of thiophene rings is 1. The van der Waals surface area contributed by atoms with E-state index in [-0.39, 0.29) is 0 Å². The molecule has 1 aliphatic rings. The zero-order valence-electron chi connectivity index (χ0n) is 10.5. The fourth-order valence-electron chi connectivity index (χ4n) is 2.41. The van der Waals surface area contributed by atoms with Crippen molar-refractivity contribution in [3.05, 3.63) is 56.3 Å². The molecular formula is C15H15BrOS. The maximum Gasteiger partial charge on any atom is 0.0740 e. The third-order valence-corrected chi connectivity index (χ3v) is 5.85. The van der Waals surface area contributed by atoms with Crippen LogP contribution in [-0.2, 0) is 18.0 Å². The molecule has 0 saturated heterocycles. The number of alkyl halides is 1. The van der Waals surface area contributed by atoms with Gasteiger partial charge in [-0.25, -0.2) is 0 Å². The lowest BCUT2D eigenvalue weighted by atomic mass is 10.0. The van der Waals surface area contributed by atoms with E-state index >= 15 is 0 Å². The maximum atomic E-state index is 5.47. The number of hydrogen-bond acceptors (Lipinski definition) is 2. The summed E-state index contributed by atoms with van der Waals surface area (Å²) in [5.74, 6) is 0. The first kappa shape index (κ1) is 12.4. The second kappa shape index (κ2) is 4.80. The molecule has 0 spiro atoms. The van der Waals surface area contributed by atoms with Gasteiger partial charge in [0, 0.05) is 9.75 Å². The normalized spacial score (nSPS) is 15.7. The van der Waals surface area contributed by atoms with Gasteiger partial charge in [-0.3, -0.25) is 0 Å². The second-order valence-electron chi connectivity index (χ2n) is 4.79. The minimum atomic E-state index is 0.294. The van der Waals surface area contributed by atoms with Crippen molar-refractivity contribution in [3.8, 4) is 0 Å². The SMILES string of the molecule is Cc1cc(C)c(C(Br)c2ccc3c(c2)COC3)s1. The van der Waals surface area contributed by atoms with Gasteiger partial charge < -0.3 is 4.74 Å². The Labute approximate surface area is 120 Å². The molecule has 3 heteroatoms. The lowest BCUT2D eigenvalue weighted by Crippen LogP contribution is -1.94. The van der Waals surface area contributed by atoms with E-state index in [4.69, 9.17) is 4.74 Å². The summed E-state index contributed by atoms with van der Waals surface area (Å²) >= 11 is 5.71. The third kappa shape index (κ3) is 2.15. The summed E-state index contributed by atoms with van der Waals surface area (Å²) < 4.78 is 5.47. The van der Waals surface area contributed by atoms with Gasteiger partial charge in [-0.1, -0.05) is 34.1 Å². The van der Waals surface area contributed by atoms with Crippen molar-refractivity contribution in [1.82, 2.24) is 0 Å². The first-order valence-electron chi connectivity index (χ1n) is 6.05. The minimum absolute atomic E-state index is 0.294. The number of fused-ring (bicyclic) bond motifs is 1. The largest absolute Gasteiger partial charge is 0.372 e. The van der Waals surface area contributed by atoms with Gasteiger partial charge in [0.05, 0.1) is 18.0 Å². The van der Waals surface area contributed by atoms with Crippen LogP contribution in [0.25, 0.3) is 0 Å². The summed E-state index contributed by atoms with van der Waals surface area (Å²) in [4.78, 5) is 3.07. The van der Waals surface area contributed by atoms with E-state index in [2.05, 4.69) is 54.0 Å². The van der Waals surface area contributed by atoms with Crippen LogP contribution in [-0.4, -0.2) is 0 Å². The van der Waals surface area contributed by atoms with Crippen molar-refractivity contribution in [2.24, 2.45) is 0 Å². The summed E-state index contributed by atoms with van der Waals surface area (Å²) in [5, 5.41) is 0. The molecule has 3 rings (SSSR count). The fourth-order valence-corrected chi connectivity index (χ4v) is 4.38. The molecule has 1 atom stereocenters. The average Bonchev–Trinajstić information content (AvgIpc) is 2.93. The van der Waals surface area contributed by atoms with E-state index in [1.165, 1.54) is 32.0 Å². The molecule has 2 heterocycles. The number of benzene rings is 1. The van der Waals surface area contributed by atoms with Gasteiger partial charge in [0.15, 0.2) is 0 Å². The van der Waals surface area contributed by atoms with Gasteiger partial charge in [0.1, 0.15) is 0 Å². The Morgan fingerprint density at radius 3 is 2.67 bits per heavy atom. The number of halogens is 1. The highest BCUT2D eigenvalue weighted by molar-refractivity contribution is 9.09. The highest BCUT2D eigenvalue weighted by Crippen LogP contribution is 2.39. The molecule has 2 aromatic rings. The Balaban J connectivity index is 1.97. The molecule has 18 heavy (non-hydrogen) atoms. The number of ether oxygens (including phenoxy) is 1. The molecule has 1 aromatic carbocycles. The predicted molar refractivity (Wildman–Crippen MR) is 79.5 cm³/mol. The first-order chi connectivity index (χ1) is 8.65. The lowest BCUT2D eigenvalue weighted by molar-refractivity contribution is 0.134. The van der Waals surface area contributed by atoms with E-state index in [1.807, 2.05) is 11.3 Å². The molecule has 94 valence electrons.